The molecule has 0 aliphatic carbocycles. The van der Waals surface area contributed by atoms with Gasteiger partial charge in [0.05, 0.1) is 11.0 Å². The van der Waals surface area contributed by atoms with Crippen molar-refractivity contribution >= 4 is 28.7 Å². The van der Waals surface area contributed by atoms with Gasteiger partial charge in [0.15, 0.2) is 0 Å². The minimum absolute atomic E-state index is 0.0765. The Bertz CT molecular complexity index is 966. The van der Waals surface area contributed by atoms with Crippen molar-refractivity contribution in [1.29, 1.82) is 0 Å². The number of aromatic nitrogens is 2. The fourth-order valence-corrected chi connectivity index (χ4v) is 3.78. The summed E-state index contributed by atoms with van der Waals surface area (Å²) in [5.74, 6) is 0.893. The SMILES string of the molecule is O=C(Nc1ccc2nc(N3CCNCC3)[nH]c2c1)N1Cc2ccccc2C1. The van der Waals surface area contributed by atoms with Crippen molar-refractivity contribution in [1.82, 2.24) is 20.2 Å². The van der Waals surface area contributed by atoms with E-state index in [4.69, 9.17) is 0 Å². The molecule has 0 bridgehead atoms. The van der Waals surface area contributed by atoms with Crippen LogP contribution in [0.4, 0.5) is 16.4 Å². The summed E-state index contributed by atoms with van der Waals surface area (Å²) in [5.41, 5.74) is 5.06. The van der Waals surface area contributed by atoms with Gasteiger partial charge in [-0.3, -0.25) is 0 Å². The molecule has 1 aromatic heterocycles. The van der Waals surface area contributed by atoms with Gasteiger partial charge in [0.2, 0.25) is 5.95 Å². The van der Waals surface area contributed by atoms with Crippen LogP contribution in [0.1, 0.15) is 11.1 Å². The number of carbonyl (C=O) groups is 1. The molecule has 2 aliphatic rings. The molecular formula is C20H22N6O. The van der Waals surface area contributed by atoms with Gasteiger partial charge >= 0.3 is 6.03 Å². The summed E-state index contributed by atoms with van der Waals surface area (Å²) in [5, 5.41) is 6.36. The van der Waals surface area contributed by atoms with Crippen molar-refractivity contribution in [3.63, 3.8) is 0 Å². The molecule has 5 rings (SSSR count). The first-order chi connectivity index (χ1) is 13.3. The number of urea groups is 1. The van der Waals surface area contributed by atoms with Gasteiger partial charge in [-0.25, -0.2) is 9.78 Å². The van der Waals surface area contributed by atoms with E-state index >= 15 is 0 Å². The Hall–Kier alpha value is -3.06. The van der Waals surface area contributed by atoms with E-state index in [0.29, 0.717) is 13.1 Å². The minimum atomic E-state index is -0.0765. The van der Waals surface area contributed by atoms with Crippen LogP contribution in [0.15, 0.2) is 42.5 Å². The van der Waals surface area contributed by atoms with Crippen LogP contribution in [0.5, 0.6) is 0 Å². The maximum Gasteiger partial charge on any atom is 0.322 e. The van der Waals surface area contributed by atoms with Crippen molar-refractivity contribution in [2.24, 2.45) is 0 Å². The van der Waals surface area contributed by atoms with Crippen LogP contribution in [-0.4, -0.2) is 47.1 Å². The Balaban J connectivity index is 1.31. The van der Waals surface area contributed by atoms with Crippen LogP contribution in [0.25, 0.3) is 11.0 Å². The average Bonchev–Trinajstić information content (AvgIpc) is 3.32. The van der Waals surface area contributed by atoms with E-state index in [9.17, 15) is 4.79 Å². The van der Waals surface area contributed by atoms with E-state index in [1.165, 1.54) is 11.1 Å². The molecule has 1 saturated heterocycles. The number of anilines is 2. The molecule has 2 aromatic carbocycles. The van der Waals surface area contributed by atoms with Gasteiger partial charge in [0, 0.05) is 45.0 Å². The van der Waals surface area contributed by atoms with Gasteiger partial charge in [-0.15, -0.1) is 0 Å². The monoisotopic (exact) mass is 362 g/mol. The summed E-state index contributed by atoms with van der Waals surface area (Å²) in [6.45, 7) is 5.13. The lowest BCUT2D eigenvalue weighted by molar-refractivity contribution is 0.212. The van der Waals surface area contributed by atoms with Crippen molar-refractivity contribution < 1.29 is 4.79 Å². The number of benzene rings is 2. The average molecular weight is 362 g/mol. The molecule has 1 fully saturated rings. The molecule has 7 nitrogen and oxygen atoms in total. The lowest BCUT2D eigenvalue weighted by Crippen LogP contribution is -2.44. The number of fused-ring (bicyclic) bond motifs is 2. The molecule has 3 aromatic rings. The lowest BCUT2D eigenvalue weighted by Gasteiger charge is -2.26. The molecule has 27 heavy (non-hydrogen) atoms. The van der Waals surface area contributed by atoms with Crippen LogP contribution in [0, 0.1) is 0 Å². The smallest absolute Gasteiger partial charge is 0.322 e. The third kappa shape index (κ3) is 3.10. The molecular weight excluding hydrogens is 340 g/mol. The van der Waals surface area contributed by atoms with E-state index in [2.05, 4.69) is 37.6 Å². The molecule has 2 aliphatic heterocycles. The van der Waals surface area contributed by atoms with E-state index in [1.54, 1.807) is 0 Å². The Kier molecular flexibility index (Phi) is 3.94. The standard InChI is InChI=1S/C20H22N6O/c27-20(26-12-14-3-1-2-4-15(14)13-26)22-16-5-6-17-18(11-16)24-19(23-17)25-9-7-21-8-10-25/h1-6,11,21H,7-10,12-13H2,(H,22,27)(H,23,24). The Labute approximate surface area is 157 Å². The summed E-state index contributed by atoms with van der Waals surface area (Å²) in [6.07, 6.45) is 0. The first-order valence-electron chi connectivity index (χ1n) is 9.34. The van der Waals surface area contributed by atoms with Gasteiger partial charge in [-0.1, -0.05) is 24.3 Å². The van der Waals surface area contributed by atoms with E-state index in [-0.39, 0.29) is 6.03 Å². The Morgan fingerprint density at radius 2 is 1.78 bits per heavy atom. The molecule has 138 valence electrons. The van der Waals surface area contributed by atoms with Crippen LogP contribution in [0.2, 0.25) is 0 Å². The lowest BCUT2D eigenvalue weighted by atomic mass is 10.1. The van der Waals surface area contributed by atoms with Crippen LogP contribution in [-0.2, 0) is 13.1 Å². The topological polar surface area (TPSA) is 76.3 Å². The molecule has 7 heteroatoms. The highest BCUT2D eigenvalue weighted by atomic mass is 16.2. The Morgan fingerprint density at radius 1 is 1.04 bits per heavy atom. The van der Waals surface area contributed by atoms with Crippen LogP contribution < -0.4 is 15.5 Å². The fraction of sp³-hybridized carbons (Fsp3) is 0.300. The van der Waals surface area contributed by atoms with Gasteiger partial charge in [-0.2, -0.15) is 0 Å². The normalized spacial score (nSPS) is 16.6. The highest BCUT2D eigenvalue weighted by Crippen LogP contribution is 2.25. The quantitative estimate of drug-likeness (QED) is 0.655. The third-order valence-electron chi connectivity index (χ3n) is 5.27. The molecule has 0 saturated carbocycles. The van der Waals surface area contributed by atoms with Crippen LogP contribution >= 0.6 is 0 Å². The molecule has 3 N–H and O–H groups in total. The third-order valence-corrected chi connectivity index (χ3v) is 5.27. The summed E-state index contributed by atoms with van der Waals surface area (Å²) in [4.78, 5) is 24.8. The predicted octanol–water partition coefficient (Wildman–Crippen LogP) is 2.52. The first-order valence-corrected chi connectivity index (χ1v) is 9.34. The van der Waals surface area contributed by atoms with Crippen molar-refractivity contribution in [2.45, 2.75) is 13.1 Å². The van der Waals surface area contributed by atoms with Gasteiger partial charge in [0.25, 0.3) is 0 Å². The molecule has 3 heterocycles. The second kappa shape index (κ2) is 6.59. The largest absolute Gasteiger partial charge is 0.340 e. The molecule has 0 spiro atoms. The van der Waals surface area contributed by atoms with Crippen LogP contribution in [0.3, 0.4) is 0 Å². The second-order valence-electron chi connectivity index (χ2n) is 7.08. The zero-order chi connectivity index (χ0) is 18.2. The number of hydrogen-bond donors (Lipinski definition) is 3. The number of amides is 2. The number of nitrogens with one attached hydrogen (secondary N) is 3. The number of nitrogens with zero attached hydrogens (tertiary/aromatic N) is 3. The summed E-state index contributed by atoms with van der Waals surface area (Å²) in [7, 11) is 0. The summed E-state index contributed by atoms with van der Waals surface area (Å²) >= 11 is 0. The van der Waals surface area contributed by atoms with E-state index < -0.39 is 0 Å². The van der Waals surface area contributed by atoms with E-state index in [1.807, 2.05) is 35.2 Å². The molecule has 0 unspecified atom stereocenters. The number of imidazole rings is 1. The number of H-pyrrole nitrogens is 1. The van der Waals surface area contributed by atoms with Crippen molar-refractivity contribution in [2.75, 3.05) is 36.4 Å². The highest BCUT2D eigenvalue weighted by Gasteiger charge is 2.23. The number of hydrogen-bond acceptors (Lipinski definition) is 4. The van der Waals surface area contributed by atoms with Gasteiger partial charge < -0.3 is 25.4 Å². The highest BCUT2D eigenvalue weighted by molar-refractivity contribution is 5.92. The number of carbonyl (C=O) groups excluding carboxylic acids is 1. The van der Waals surface area contributed by atoms with Gasteiger partial charge in [-0.05, 0) is 29.3 Å². The Morgan fingerprint density at radius 3 is 2.52 bits per heavy atom. The van der Waals surface area contributed by atoms with E-state index in [0.717, 1.165) is 48.8 Å². The molecule has 2 amide bonds. The van der Waals surface area contributed by atoms with Crippen molar-refractivity contribution in [3.05, 3.63) is 53.6 Å². The van der Waals surface area contributed by atoms with Gasteiger partial charge in [0.1, 0.15) is 0 Å². The predicted molar refractivity (Wildman–Crippen MR) is 106 cm³/mol. The second-order valence-corrected chi connectivity index (χ2v) is 7.08. The maximum absolute atomic E-state index is 12.6. The summed E-state index contributed by atoms with van der Waals surface area (Å²) < 4.78 is 0. The molecule has 0 radical (unpaired) electrons. The fourth-order valence-electron chi connectivity index (χ4n) is 3.78. The first kappa shape index (κ1) is 16.1. The molecule has 0 atom stereocenters. The zero-order valence-electron chi connectivity index (χ0n) is 15.0. The number of rotatable bonds is 2. The maximum atomic E-state index is 12.6. The zero-order valence-corrected chi connectivity index (χ0v) is 15.0. The number of aromatic amines is 1. The summed E-state index contributed by atoms with van der Waals surface area (Å²) in [6, 6.07) is 13.9. The number of piperazine rings is 1. The minimum Gasteiger partial charge on any atom is -0.340 e. The van der Waals surface area contributed by atoms with Crippen molar-refractivity contribution in [3.8, 4) is 0 Å².